The van der Waals surface area contributed by atoms with Gasteiger partial charge < -0.3 is 5.32 Å². The molecule has 2 saturated carbocycles. The van der Waals surface area contributed by atoms with Gasteiger partial charge in [-0.15, -0.1) is 0 Å². The first kappa shape index (κ1) is 16.8. The zero-order chi connectivity index (χ0) is 17.1. The summed E-state index contributed by atoms with van der Waals surface area (Å²) < 4.78 is 0. The van der Waals surface area contributed by atoms with Gasteiger partial charge in [-0.05, 0) is 62.5 Å². The van der Waals surface area contributed by atoms with Crippen LogP contribution in [0.4, 0.5) is 5.69 Å². The number of rotatable bonds is 5. The summed E-state index contributed by atoms with van der Waals surface area (Å²) in [5, 5.41) is 3.10. The summed E-state index contributed by atoms with van der Waals surface area (Å²) in [7, 11) is 0. The smallest absolute Gasteiger partial charge is 0.257 e. The quantitative estimate of drug-likeness (QED) is 0.728. The molecule has 3 rings (SSSR count). The Hall–Kier alpha value is -2.04. The van der Waals surface area contributed by atoms with E-state index in [1.165, 1.54) is 31.2 Å². The van der Waals surface area contributed by atoms with E-state index in [2.05, 4.69) is 22.2 Å². The third-order valence-electron chi connectivity index (χ3n) is 5.49. The molecule has 130 valence electrons. The van der Waals surface area contributed by atoms with Gasteiger partial charge in [-0.2, -0.15) is 0 Å². The van der Waals surface area contributed by atoms with Crippen molar-refractivity contribution in [1.82, 2.24) is 10.9 Å². The van der Waals surface area contributed by atoms with Crippen LogP contribution in [0.5, 0.6) is 0 Å². The molecule has 3 N–H and O–H groups in total. The molecule has 0 aliphatic heterocycles. The number of carbonyl (C=O) groups is 2. The van der Waals surface area contributed by atoms with Crippen LogP contribution in [0.2, 0.25) is 0 Å². The van der Waals surface area contributed by atoms with Crippen molar-refractivity contribution in [2.45, 2.75) is 46.0 Å². The standard InChI is InChI=1S/C19H27N3O2/c1-12-3-6-17(13(2)7-12)20-11-19(24)22-21-18(23)10-16-9-14-4-5-15(16)8-14/h3,6-7,14-16,20H,4-5,8-11H2,1-2H3,(H,21,23)(H,22,24)/t14-,15-,16+/m0/s1. The molecule has 0 spiro atoms. The Balaban J connectivity index is 1.37. The first-order valence-electron chi connectivity index (χ1n) is 8.90. The lowest BCUT2D eigenvalue weighted by atomic mass is 9.86. The maximum absolute atomic E-state index is 12.0. The van der Waals surface area contributed by atoms with Gasteiger partial charge in [0.25, 0.3) is 5.91 Å². The molecule has 5 heteroatoms. The summed E-state index contributed by atoms with van der Waals surface area (Å²) >= 11 is 0. The molecule has 5 nitrogen and oxygen atoms in total. The highest BCUT2D eigenvalue weighted by Crippen LogP contribution is 2.49. The van der Waals surface area contributed by atoms with Crippen molar-refractivity contribution in [1.29, 1.82) is 0 Å². The van der Waals surface area contributed by atoms with Gasteiger partial charge in [0.05, 0.1) is 6.54 Å². The van der Waals surface area contributed by atoms with Crippen molar-refractivity contribution < 1.29 is 9.59 Å². The second-order valence-electron chi connectivity index (χ2n) is 7.41. The number of hydrogen-bond donors (Lipinski definition) is 3. The lowest BCUT2D eigenvalue weighted by molar-refractivity contribution is -0.128. The summed E-state index contributed by atoms with van der Waals surface area (Å²) in [6, 6.07) is 6.04. The fourth-order valence-electron chi connectivity index (χ4n) is 4.29. The number of fused-ring (bicyclic) bond motifs is 2. The van der Waals surface area contributed by atoms with Crippen molar-refractivity contribution in [2.24, 2.45) is 17.8 Å². The number of hydrazine groups is 1. The number of aryl methyl sites for hydroxylation is 2. The highest BCUT2D eigenvalue weighted by Gasteiger charge is 2.40. The van der Waals surface area contributed by atoms with Gasteiger partial charge in [0.2, 0.25) is 5.91 Å². The van der Waals surface area contributed by atoms with E-state index in [-0.39, 0.29) is 18.4 Å². The van der Waals surface area contributed by atoms with E-state index in [0.29, 0.717) is 12.3 Å². The van der Waals surface area contributed by atoms with Gasteiger partial charge in [-0.3, -0.25) is 20.4 Å². The van der Waals surface area contributed by atoms with Gasteiger partial charge in [0.15, 0.2) is 0 Å². The molecule has 2 aliphatic carbocycles. The third kappa shape index (κ3) is 4.08. The predicted molar refractivity (Wildman–Crippen MR) is 94.2 cm³/mol. The van der Waals surface area contributed by atoms with Crippen LogP contribution >= 0.6 is 0 Å². The average molecular weight is 329 g/mol. The molecular formula is C19H27N3O2. The van der Waals surface area contributed by atoms with E-state index in [0.717, 1.165) is 23.1 Å². The molecule has 2 amide bonds. The first-order chi connectivity index (χ1) is 11.5. The Morgan fingerprint density at radius 1 is 1.08 bits per heavy atom. The van der Waals surface area contributed by atoms with Gasteiger partial charge in [0.1, 0.15) is 0 Å². The number of hydrogen-bond acceptors (Lipinski definition) is 3. The van der Waals surface area contributed by atoms with Gasteiger partial charge in [-0.1, -0.05) is 24.1 Å². The molecule has 0 heterocycles. The lowest BCUT2D eigenvalue weighted by Gasteiger charge is -2.21. The van der Waals surface area contributed by atoms with Crippen LogP contribution < -0.4 is 16.2 Å². The SMILES string of the molecule is Cc1ccc(NCC(=O)NNC(=O)C[C@H]2C[C@H]3CC[C@H]2C3)c(C)c1. The zero-order valence-electron chi connectivity index (χ0n) is 14.5. The largest absolute Gasteiger partial charge is 0.376 e. The monoisotopic (exact) mass is 329 g/mol. The number of carbonyl (C=O) groups excluding carboxylic acids is 2. The molecule has 0 radical (unpaired) electrons. The number of benzene rings is 1. The van der Waals surface area contributed by atoms with Crippen LogP contribution in [0.1, 0.15) is 43.2 Å². The molecule has 0 saturated heterocycles. The summed E-state index contributed by atoms with van der Waals surface area (Å²) in [5.41, 5.74) is 8.28. The molecule has 1 aromatic carbocycles. The minimum atomic E-state index is -0.240. The molecule has 3 atom stereocenters. The van der Waals surface area contributed by atoms with Crippen molar-refractivity contribution >= 4 is 17.5 Å². The van der Waals surface area contributed by atoms with Crippen molar-refractivity contribution in [2.75, 3.05) is 11.9 Å². The molecule has 1 aromatic rings. The van der Waals surface area contributed by atoms with Crippen LogP contribution in [-0.4, -0.2) is 18.4 Å². The van der Waals surface area contributed by atoms with E-state index < -0.39 is 0 Å². The highest BCUT2D eigenvalue weighted by atomic mass is 16.2. The summed E-state index contributed by atoms with van der Waals surface area (Å²) in [4.78, 5) is 23.9. The number of amides is 2. The maximum Gasteiger partial charge on any atom is 0.257 e. The Kier molecular flexibility index (Phi) is 5.07. The number of anilines is 1. The summed E-state index contributed by atoms with van der Waals surface area (Å²) in [5.74, 6) is 1.75. The summed E-state index contributed by atoms with van der Waals surface area (Å²) in [6.07, 6.45) is 5.62. The van der Waals surface area contributed by atoms with Crippen LogP contribution in [-0.2, 0) is 9.59 Å². The Morgan fingerprint density at radius 3 is 2.54 bits per heavy atom. The molecule has 2 fully saturated rings. The maximum atomic E-state index is 12.0. The normalized spacial score (nSPS) is 24.7. The summed E-state index contributed by atoms with van der Waals surface area (Å²) in [6.45, 7) is 4.18. The van der Waals surface area contributed by atoms with Crippen molar-refractivity contribution in [3.63, 3.8) is 0 Å². The molecule has 2 bridgehead atoms. The molecule has 24 heavy (non-hydrogen) atoms. The fourth-order valence-corrected chi connectivity index (χ4v) is 4.29. The van der Waals surface area contributed by atoms with Crippen LogP contribution in [0.25, 0.3) is 0 Å². The molecule has 2 aliphatic rings. The molecule has 0 unspecified atom stereocenters. The Morgan fingerprint density at radius 2 is 1.88 bits per heavy atom. The van der Waals surface area contributed by atoms with Crippen LogP contribution in [0.15, 0.2) is 18.2 Å². The zero-order valence-corrected chi connectivity index (χ0v) is 14.5. The molecular weight excluding hydrogens is 302 g/mol. The highest BCUT2D eigenvalue weighted by molar-refractivity contribution is 5.84. The Labute approximate surface area is 143 Å². The topological polar surface area (TPSA) is 70.2 Å². The minimum Gasteiger partial charge on any atom is -0.376 e. The van der Waals surface area contributed by atoms with E-state index in [9.17, 15) is 9.59 Å². The first-order valence-corrected chi connectivity index (χ1v) is 8.90. The van der Waals surface area contributed by atoms with Gasteiger partial charge in [-0.25, -0.2) is 0 Å². The van der Waals surface area contributed by atoms with E-state index in [1.54, 1.807) is 0 Å². The number of nitrogens with one attached hydrogen (secondary N) is 3. The van der Waals surface area contributed by atoms with Crippen LogP contribution in [0, 0.1) is 31.6 Å². The van der Waals surface area contributed by atoms with E-state index >= 15 is 0 Å². The van der Waals surface area contributed by atoms with Gasteiger partial charge >= 0.3 is 0 Å². The predicted octanol–water partition coefficient (Wildman–Crippen LogP) is 2.69. The van der Waals surface area contributed by atoms with Gasteiger partial charge in [0, 0.05) is 12.1 Å². The fraction of sp³-hybridized carbons (Fsp3) is 0.579. The Bertz CT molecular complexity index is 629. The third-order valence-corrected chi connectivity index (χ3v) is 5.49. The van der Waals surface area contributed by atoms with E-state index in [4.69, 9.17) is 0 Å². The second kappa shape index (κ2) is 7.24. The van der Waals surface area contributed by atoms with Crippen molar-refractivity contribution in [3.8, 4) is 0 Å². The van der Waals surface area contributed by atoms with Crippen LogP contribution in [0.3, 0.4) is 0 Å². The van der Waals surface area contributed by atoms with E-state index in [1.807, 2.05) is 26.0 Å². The average Bonchev–Trinajstić information content (AvgIpc) is 3.15. The minimum absolute atomic E-state index is 0.0765. The van der Waals surface area contributed by atoms with Crippen molar-refractivity contribution in [3.05, 3.63) is 29.3 Å². The lowest BCUT2D eigenvalue weighted by Crippen LogP contribution is -2.44. The molecule has 0 aromatic heterocycles. The second-order valence-corrected chi connectivity index (χ2v) is 7.41.